The second kappa shape index (κ2) is 9.20. The quantitative estimate of drug-likeness (QED) is 0.385. The number of carbonyl (C=O) groups is 2. The first-order chi connectivity index (χ1) is 13.9. The first-order valence-corrected chi connectivity index (χ1v) is 10.2. The minimum atomic E-state index is -3.88. The van der Waals surface area contributed by atoms with Gasteiger partial charge in [-0.25, -0.2) is 17.5 Å². The highest BCUT2D eigenvalue weighted by atomic mass is 35.5. The fraction of sp³-hybridized carbons (Fsp3) is 0.222. The van der Waals surface area contributed by atoms with E-state index in [0.29, 0.717) is 11.3 Å². The van der Waals surface area contributed by atoms with Crippen LogP contribution < -0.4 is 5.32 Å². The molecule has 1 amide bonds. The molecule has 2 aromatic carbocycles. The van der Waals surface area contributed by atoms with Crippen molar-refractivity contribution in [2.24, 2.45) is 0 Å². The van der Waals surface area contributed by atoms with Crippen LogP contribution in [-0.2, 0) is 19.6 Å². The highest BCUT2D eigenvalue weighted by molar-refractivity contribution is 7.89. The van der Waals surface area contributed by atoms with Crippen molar-refractivity contribution in [1.29, 1.82) is 0 Å². The van der Waals surface area contributed by atoms with Crippen LogP contribution in [0.15, 0.2) is 41.3 Å². The van der Waals surface area contributed by atoms with Gasteiger partial charge < -0.3 is 10.1 Å². The Labute approximate surface area is 177 Å². The number of sulfonamides is 1. The van der Waals surface area contributed by atoms with Crippen LogP contribution in [0.1, 0.15) is 15.9 Å². The second-order valence-electron chi connectivity index (χ2n) is 6.31. The number of non-ortho nitro benzene ring substituents is 1. The summed E-state index contributed by atoms with van der Waals surface area (Å²) in [5.74, 6) is -1.59. The fourth-order valence-electron chi connectivity index (χ4n) is 2.33. The predicted molar refractivity (Wildman–Crippen MR) is 109 cm³/mol. The molecule has 0 aromatic heterocycles. The molecule has 0 radical (unpaired) electrons. The van der Waals surface area contributed by atoms with E-state index in [4.69, 9.17) is 16.3 Å². The average Bonchev–Trinajstić information content (AvgIpc) is 2.67. The van der Waals surface area contributed by atoms with Crippen LogP contribution in [0, 0.1) is 17.0 Å². The maximum absolute atomic E-state index is 12.3. The highest BCUT2D eigenvalue weighted by Crippen LogP contribution is 2.25. The molecule has 0 heterocycles. The third-order valence-electron chi connectivity index (χ3n) is 3.95. The number of nitro benzene ring substituents is 1. The topological polar surface area (TPSA) is 136 Å². The van der Waals surface area contributed by atoms with Gasteiger partial charge in [-0.15, -0.1) is 0 Å². The lowest BCUT2D eigenvalue weighted by Gasteiger charge is -2.13. The number of anilines is 1. The molecule has 0 saturated heterocycles. The molecule has 0 aliphatic carbocycles. The highest BCUT2D eigenvalue weighted by Gasteiger charge is 2.23. The third kappa shape index (κ3) is 5.32. The number of benzene rings is 2. The van der Waals surface area contributed by atoms with Gasteiger partial charge in [0.25, 0.3) is 11.6 Å². The summed E-state index contributed by atoms with van der Waals surface area (Å²) in [4.78, 5) is 34.2. The van der Waals surface area contributed by atoms with Crippen molar-refractivity contribution in [3.8, 4) is 0 Å². The van der Waals surface area contributed by atoms with E-state index in [1.807, 2.05) is 0 Å². The number of esters is 1. The van der Waals surface area contributed by atoms with Gasteiger partial charge in [-0.2, -0.15) is 0 Å². The molecule has 0 fully saturated rings. The van der Waals surface area contributed by atoms with E-state index in [1.165, 1.54) is 44.4 Å². The molecule has 2 aromatic rings. The molecule has 1 N–H and O–H groups in total. The van der Waals surface area contributed by atoms with E-state index in [2.05, 4.69) is 5.32 Å². The molecule has 0 unspecified atom stereocenters. The van der Waals surface area contributed by atoms with Gasteiger partial charge in [0.2, 0.25) is 10.0 Å². The monoisotopic (exact) mass is 455 g/mol. The number of halogens is 1. The van der Waals surface area contributed by atoms with Crippen molar-refractivity contribution in [2.45, 2.75) is 11.8 Å². The Morgan fingerprint density at radius 2 is 1.87 bits per heavy atom. The first kappa shape index (κ1) is 23.3. The molecule has 0 saturated carbocycles. The molecule has 10 nitrogen and oxygen atoms in total. The summed E-state index contributed by atoms with van der Waals surface area (Å²) >= 11 is 5.93. The molecule has 0 bridgehead atoms. The Morgan fingerprint density at radius 1 is 1.20 bits per heavy atom. The first-order valence-electron chi connectivity index (χ1n) is 8.37. The molecular formula is C18H18ClN3O7S. The van der Waals surface area contributed by atoms with Gasteiger partial charge in [0.1, 0.15) is 4.90 Å². The van der Waals surface area contributed by atoms with Crippen LogP contribution in [0.4, 0.5) is 11.4 Å². The van der Waals surface area contributed by atoms with Crippen LogP contribution in [0.25, 0.3) is 0 Å². The molecular weight excluding hydrogens is 438 g/mol. The van der Waals surface area contributed by atoms with Gasteiger partial charge in [0, 0.05) is 31.9 Å². The largest absolute Gasteiger partial charge is 0.452 e. The summed E-state index contributed by atoms with van der Waals surface area (Å²) in [7, 11) is -1.24. The van der Waals surface area contributed by atoms with Gasteiger partial charge in [0.05, 0.1) is 15.5 Å². The number of ether oxygens (including phenoxy) is 1. The van der Waals surface area contributed by atoms with Gasteiger partial charge >= 0.3 is 5.97 Å². The number of hydrogen-bond donors (Lipinski definition) is 1. The number of rotatable bonds is 7. The van der Waals surface area contributed by atoms with Gasteiger partial charge in [-0.05, 0) is 36.8 Å². The standard InChI is InChI=1S/C18H18ClN3O7S/c1-11-8-13(22(25)26)5-7-15(11)20-17(23)10-29-18(24)12-4-6-14(19)16(9-12)30(27,28)21(2)3/h4-9H,10H2,1-3H3,(H,20,23). The Hall–Kier alpha value is -3.02. The number of nitrogens with one attached hydrogen (secondary N) is 1. The number of amides is 1. The smallest absolute Gasteiger partial charge is 0.338 e. The fourth-order valence-corrected chi connectivity index (χ4v) is 3.72. The summed E-state index contributed by atoms with van der Waals surface area (Å²) in [6.07, 6.45) is 0. The maximum Gasteiger partial charge on any atom is 0.338 e. The van der Waals surface area contributed by atoms with Crippen LogP contribution >= 0.6 is 11.6 Å². The third-order valence-corrected chi connectivity index (χ3v) is 6.25. The zero-order valence-corrected chi connectivity index (χ0v) is 17.8. The van der Waals surface area contributed by atoms with Gasteiger partial charge in [-0.3, -0.25) is 14.9 Å². The van der Waals surface area contributed by atoms with Crippen LogP contribution in [0.3, 0.4) is 0 Å². The predicted octanol–water partition coefficient (Wildman–Crippen LogP) is 2.60. The Morgan fingerprint density at radius 3 is 2.43 bits per heavy atom. The number of nitrogens with zero attached hydrogens (tertiary/aromatic N) is 2. The molecule has 0 atom stereocenters. The SMILES string of the molecule is Cc1cc([N+](=O)[O-])ccc1NC(=O)COC(=O)c1ccc(Cl)c(S(=O)(=O)N(C)C)c1. The van der Waals surface area contributed by atoms with Crippen molar-refractivity contribution >= 4 is 44.9 Å². The van der Waals surface area contributed by atoms with E-state index in [0.717, 1.165) is 10.4 Å². The molecule has 0 aliphatic rings. The van der Waals surface area contributed by atoms with E-state index in [-0.39, 0.29) is 21.2 Å². The summed E-state index contributed by atoms with van der Waals surface area (Å²) in [5.41, 5.74) is 0.565. The van der Waals surface area contributed by atoms with E-state index in [1.54, 1.807) is 6.92 Å². The minimum absolute atomic E-state index is 0.0633. The van der Waals surface area contributed by atoms with Crippen molar-refractivity contribution in [3.05, 3.63) is 62.7 Å². The zero-order valence-electron chi connectivity index (χ0n) is 16.2. The minimum Gasteiger partial charge on any atom is -0.452 e. The zero-order chi connectivity index (χ0) is 22.6. The van der Waals surface area contributed by atoms with Crippen molar-refractivity contribution < 1.29 is 27.7 Å². The lowest BCUT2D eigenvalue weighted by molar-refractivity contribution is -0.384. The van der Waals surface area contributed by atoms with E-state index >= 15 is 0 Å². The van der Waals surface area contributed by atoms with Crippen LogP contribution in [0.5, 0.6) is 0 Å². The van der Waals surface area contributed by atoms with Crippen molar-refractivity contribution in [3.63, 3.8) is 0 Å². The second-order valence-corrected chi connectivity index (χ2v) is 8.84. The summed E-state index contributed by atoms with van der Waals surface area (Å²) in [6.45, 7) is 0.933. The van der Waals surface area contributed by atoms with Crippen molar-refractivity contribution in [1.82, 2.24) is 4.31 Å². The Kier molecular flexibility index (Phi) is 7.13. The van der Waals surface area contributed by atoms with E-state index in [9.17, 15) is 28.1 Å². The lowest BCUT2D eigenvalue weighted by Crippen LogP contribution is -2.23. The molecule has 0 aliphatic heterocycles. The lowest BCUT2D eigenvalue weighted by atomic mass is 10.2. The van der Waals surface area contributed by atoms with Crippen LogP contribution in [0.2, 0.25) is 5.02 Å². The molecule has 0 spiro atoms. The number of nitro groups is 1. The Bertz CT molecular complexity index is 1120. The number of aryl methyl sites for hydroxylation is 1. The summed E-state index contributed by atoms with van der Waals surface area (Å²) in [5, 5.41) is 13.2. The molecule has 2 rings (SSSR count). The number of carbonyl (C=O) groups excluding carboxylic acids is 2. The Balaban J connectivity index is 2.07. The molecule has 160 valence electrons. The normalized spacial score (nSPS) is 11.2. The summed E-state index contributed by atoms with van der Waals surface area (Å²) in [6, 6.07) is 7.48. The number of hydrogen-bond acceptors (Lipinski definition) is 7. The average molecular weight is 456 g/mol. The van der Waals surface area contributed by atoms with E-state index < -0.39 is 33.4 Å². The van der Waals surface area contributed by atoms with Crippen LogP contribution in [-0.4, -0.2) is 50.2 Å². The van der Waals surface area contributed by atoms with Crippen molar-refractivity contribution in [2.75, 3.05) is 26.0 Å². The maximum atomic E-state index is 12.3. The van der Waals surface area contributed by atoms with Gasteiger partial charge in [-0.1, -0.05) is 11.6 Å². The summed E-state index contributed by atoms with van der Waals surface area (Å²) < 4.78 is 30.4. The molecule has 12 heteroatoms. The van der Waals surface area contributed by atoms with Gasteiger partial charge in [0.15, 0.2) is 6.61 Å². The molecule has 30 heavy (non-hydrogen) atoms.